The maximum atomic E-state index is 14.2. The molecule has 0 fully saturated rings. The molecule has 0 radical (unpaired) electrons. The second kappa shape index (κ2) is 11.3. The summed E-state index contributed by atoms with van der Waals surface area (Å²) in [6, 6.07) is 12.9. The van der Waals surface area contributed by atoms with Gasteiger partial charge in [0.15, 0.2) is 5.41 Å². The Bertz CT molecular complexity index is 1060. The molecule has 2 rings (SSSR count). The lowest BCUT2D eigenvalue weighted by Crippen LogP contribution is -2.44. The lowest BCUT2D eigenvalue weighted by atomic mass is 9.83. The van der Waals surface area contributed by atoms with Crippen molar-refractivity contribution in [2.24, 2.45) is 5.41 Å². The number of esters is 1. The number of nitrogens with one attached hydrogen (secondary N) is 1. The Hall–Kier alpha value is -3.11. The minimum atomic E-state index is -1.46. The first-order valence-corrected chi connectivity index (χ1v) is 11.4. The molecule has 0 heterocycles. The Morgan fingerprint density at radius 2 is 1.79 bits per heavy atom. The Morgan fingerprint density at radius 1 is 1.15 bits per heavy atom. The monoisotopic (exact) mass is 488 g/mol. The van der Waals surface area contributed by atoms with Crippen LogP contribution in [0.3, 0.4) is 0 Å². The molecule has 1 amide bonds. The molecule has 182 valence electrons. The molecule has 1 N–H and O–H groups in total. The van der Waals surface area contributed by atoms with Crippen LogP contribution in [0.1, 0.15) is 46.6 Å². The van der Waals surface area contributed by atoms with Crippen molar-refractivity contribution in [3.63, 3.8) is 0 Å². The highest BCUT2D eigenvalue weighted by Crippen LogP contribution is 2.29. The minimum Gasteiger partial charge on any atom is -0.465 e. The molecule has 6 nitrogen and oxygen atoms in total. The van der Waals surface area contributed by atoms with Gasteiger partial charge >= 0.3 is 12.1 Å². The molecule has 2 aromatic carbocycles. The molecule has 0 aliphatic rings. The third kappa shape index (κ3) is 7.74. The highest BCUT2D eigenvalue weighted by molar-refractivity contribution is 6.30. The molecule has 2 unspecified atom stereocenters. The summed E-state index contributed by atoms with van der Waals surface area (Å²) in [5, 5.41) is 12.9. The van der Waals surface area contributed by atoms with Crippen LogP contribution in [0.2, 0.25) is 5.02 Å². The smallest absolute Gasteiger partial charge is 0.407 e. The van der Waals surface area contributed by atoms with Gasteiger partial charge in [-0.05, 0) is 76.8 Å². The van der Waals surface area contributed by atoms with E-state index in [1.807, 2.05) is 6.07 Å². The topological polar surface area (TPSA) is 88.4 Å². The first-order chi connectivity index (χ1) is 15.9. The molecule has 8 heteroatoms. The number of benzene rings is 2. The van der Waals surface area contributed by atoms with Gasteiger partial charge in [-0.2, -0.15) is 5.26 Å². The molecule has 0 saturated heterocycles. The summed E-state index contributed by atoms with van der Waals surface area (Å²) >= 11 is 6.00. The van der Waals surface area contributed by atoms with Crippen LogP contribution in [0.15, 0.2) is 42.5 Å². The first-order valence-electron chi connectivity index (χ1n) is 11.0. The molecule has 0 aliphatic carbocycles. The van der Waals surface area contributed by atoms with E-state index in [0.717, 1.165) is 5.56 Å². The summed E-state index contributed by atoms with van der Waals surface area (Å²) in [7, 11) is 0. The number of nitrogens with zero attached hydrogens (tertiary/aromatic N) is 1. The molecular weight excluding hydrogens is 459 g/mol. The van der Waals surface area contributed by atoms with E-state index in [0.29, 0.717) is 22.6 Å². The van der Waals surface area contributed by atoms with Gasteiger partial charge < -0.3 is 14.8 Å². The van der Waals surface area contributed by atoms with Crippen LogP contribution in [-0.2, 0) is 20.7 Å². The van der Waals surface area contributed by atoms with Gasteiger partial charge in [0.05, 0.1) is 12.7 Å². The van der Waals surface area contributed by atoms with Crippen LogP contribution < -0.4 is 5.32 Å². The maximum absolute atomic E-state index is 14.2. The van der Waals surface area contributed by atoms with Gasteiger partial charge in [0, 0.05) is 16.6 Å². The molecule has 0 spiro atoms. The predicted molar refractivity (Wildman–Crippen MR) is 129 cm³/mol. The van der Waals surface area contributed by atoms with Crippen molar-refractivity contribution < 1.29 is 23.5 Å². The first kappa shape index (κ1) is 27.1. The molecule has 2 aromatic rings. The number of carbonyl (C=O) groups is 2. The van der Waals surface area contributed by atoms with Crippen LogP contribution in [-0.4, -0.2) is 30.3 Å². The van der Waals surface area contributed by atoms with Gasteiger partial charge in [-0.1, -0.05) is 35.9 Å². The van der Waals surface area contributed by atoms with Gasteiger partial charge in [-0.25, -0.2) is 9.18 Å². The van der Waals surface area contributed by atoms with E-state index < -0.39 is 29.1 Å². The van der Waals surface area contributed by atoms with E-state index in [-0.39, 0.29) is 18.8 Å². The summed E-state index contributed by atoms with van der Waals surface area (Å²) in [4.78, 5) is 24.9. The van der Waals surface area contributed by atoms with Gasteiger partial charge in [-0.15, -0.1) is 0 Å². The van der Waals surface area contributed by atoms with E-state index in [2.05, 4.69) is 5.32 Å². The average Bonchev–Trinajstić information content (AvgIpc) is 2.74. The molecule has 0 saturated carbocycles. The van der Waals surface area contributed by atoms with E-state index in [4.69, 9.17) is 21.1 Å². The number of amides is 1. The summed E-state index contributed by atoms with van der Waals surface area (Å²) in [6.45, 7) is 8.52. The van der Waals surface area contributed by atoms with Crippen LogP contribution in [0.25, 0.3) is 11.1 Å². The fourth-order valence-electron chi connectivity index (χ4n) is 3.43. The van der Waals surface area contributed by atoms with E-state index >= 15 is 0 Å². The number of alkyl carbamates (subject to hydrolysis) is 1. The van der Waals surface area contributed by atoms with E-state index in [1.54, 1.807) is 58.0 Å². The van der Waals surface area contributed by atoms with Gasteiger partial charge in [0.1, 0.15) is 11.4 Å². The van der Waals surface area contributed by atoms with Crippen LogP contribution in [0.5, 0.6) is 0 Å². The van der Waals surface area contributed by atoms with Crippen molar-refractivity contribution in [1.82, 2.24) is 5.32 Å². The SMILES string of the molecule is CCOC(=O)C(C)(C#N)CC(Cc1ccc(-c2cc(Cl)ccc2F)cc1)NC(=O)OC(C)(C)C. The number of nitriles is 1. The second-order valence-corrected chi connectivity index (χ2v) is 9.67. The van der Waals surface area contributed by atoms with Crippen molar-refractivity contribution in [1.29, 1.82) is 5.26 Å². The van der Waals surface area contributed by atoms with Gasteiger partial charge in [0.25, 0.3) is 0 Å². The predicted octanol–water partition coefficient (Wildman–Crippen LogP) is 6.06. The summed E-state index contributed by atoms with van der Waals surface area (Å²) in [6.07, 6.45) is -0.320. The zero-order valence-electron chi connectivity index (χ0n) is 20.1. The fraction of sp³-hybridized carbons (Fsp3) is 0.423. The number of carbonyl (C=O) groups excluding carboxylic acids is 2. The Labute approximate surface area is 205 Å². The number of hydrogen-bond acceptors (Lipinski definition) is 5. The molecule has 0 aromatic heterocycles. The number of hydrogen-bond donors (Lipinski definition) is 1. The molecule has 34 heavy (non-hydrogen) atoms. The van der Waals surface area contributed by atoms with Crippen molar-refractivity contribution in [3.05, 3.63) is 58.9 Å². The maximum Gasteiger partial charge on any atom is 0.407 e. The molecule has 0 bridgehead atoms. The zero-order chi connectivity index (χ0) is 25.5. The van der Waals surface area contributed by atoms with Crippen LogP contribution in [0.4, 0.5) is 9.18 Å². The third-order valence-corrected chi connectivity index (χ3v) is 5.26. The van der Waals surface area contributed by atoms with Crippen LogP contribution in [0, 0.1) is 22.6 Å². The quantitative estimate of drug-likeness (QED) is 0.456. The Kier molecular flexibility index (Phi) is 9.06. The molecule has 2 atom stereocenters. The summed E-state index contributed by atoms with van der Waals surface area (Å²) < 4.78 is 24.6. The minimum absolute atomic E-state index is 0.0201. The highest BCUT2D eigenvalue weighted by Gasteiger charge is 2.38. The molecule has 0 aliphatic heterocycles. The van der Waals surface area contributed by atoms with Crippen molar-refractivity contribution in [3.8, 4) is 17.2 Å². The highest BCUT2D eigenvalue weighted by atomic mass is 35.5. The Balaban J connectivity index is 2.28. The van der Waals surface area contributed by atoms with Gasteiger partial charge in [-0.3, -0.25) is 4.79 Å². The lowest BCUT2D eigenvalue weighted by molar-refractivity contribution is -0.151. The standard InChI is InChI=1S/C26H30ClFN2O4/c1-6-33-23(31)26(5,16-29)15-20(30-24(32)34-25(2,3)4)13-17-7-9-18(10-8-17)21-14-19(27)11-12-22(21)28/h7-12,14,20H,6,13,15H2,1-5H3,(H,30,32). The van der Waals surface area contributed by atoms with Crippen molar-refractivity contribution in [2.45, 2.75) is 59.1 Å². The molecular formula is C26H30ClFN2O4. The van der Waals surface area contributed by atoms with Crippen molar-refractivity contribution in [2.75, 3.05) is 6.61 Å². The number of ether oxygens (including phenoxy) is 2. The number of halogens is 2. The summed E-state index contributed by atoms with van der Waals surface area (Å²) in [5.41, 5.74) is -0.330. The third-order valence-electron chi connectivity index (χ3n) is 5.02. The second-order valence-electron chi connectivity index (χ2n) is 9.24. The Morgan fingerprint density at radius 3 is 2.35 bits per heavy atom. The van der Waals surface area contributed by atoms with Crippen LogP contribution >= 0.6 is 11.6 Å². The van der Waals surface area contributed by atoms with E-state index in [9.17, 15) is 19.2 Å². The normalized spacial score (nSPS) is 13.8. The largest absolute Gasteiger partial charge is 0.465 e. The van der Waals surface area contributed by atoms with Crippen molar-refractivity contribution >= 4 is 23.7 Å². The number of rotatable bonds is 8. The lowest BCUT2D eigenvalue weighted by Gasteiger charge is -2.28. The average molecular weight is 489 g/mol. The van der Waals surface area contributed by atoms with Gasteiger partial charge in [0.2, 0.25) is 0 Å². The fourth-order valence-corrected chi connectivity index (χ4v) is 3.60. The zero-order valence-corrected chi connectivity index (χ0v) is 20.8. The van der Waals surface area contributed by atoms with E-state index in [1.165, 1.54) is 19.1 Å². The summed E-state index contributed by atoms with van der Waals surface area (Å²) in [5.74, 6) is -1.04.